The average Bonchev–Trinajstić information content (AvgIpc) is 2.43. The quantitative estimate of drug-likeness (QED) is 0.821. The molecule has 1 N–H and O–H groups in total. The summed E-state index contributed by atoms with van der Waals surface area (Å²) >= 11 is 0. The monoisotopic (exact) mass is 252 g/mol. The van der Waals surface area contributed by atoms with Crippen LogP contribution in [0.1, 0.15) is 24.5 Å². The molecule has 98 valence electrons. The number of benzene rings is 1. The van der Waals surface area contributed by atoms with Crippen molar-refractivity contribution in [3.05, 3.63) is 23.8 Å². The van der Waals surface area contributed by atoms with Gasteiger partial charge in [-0.2, -0.15) is 0 Å². The zero-order chi connectivity index (χ0) is 13.0. The molecular weight excluding hydrogens is 236 g/mol. The summed E-state index contributed by atoms with van der Waals surface area (Å²) in [4.78, 5) is 11.0. The molecule has 0 saturated carbocycles. The van der Waals surface area contributed by atoms with E-state index in [-0.39, 0.29) is 12.4 Å². The standard InChI is InChI=1S/C13H16O5/c1-16-13(15)5-3-10(14)9-2-4-11-12(8-9)18-7-6-17-11/h2,4,8,10,14H,3,5-7H2,1H3. The normalized spacial score (nSPS) is 15.0. The van der Waals surface area contributed by atoms with Crippen LogP contribution in [0.5, 0.6) is 11.5 Å². The molecule has 1 aromatic carbocycles. The highest BCUT2D eigenvalue weighted by Crippen LogP contribution is 2.33. The summed E-state index contributed by atoms with van der Waals surface area (Å²) < 4.78 is 15.4. The van der Waals surface area contributed by atoms with Crippen molar-refractivity contribution in [1.82, 2.24) is 0 Å². The number of aliphatic hydroxyl groups is 1. The van der Waals surface area contributed by atoms with Gasteiger partial charge in [0.15, 0.2) is 11.5 Å². The summed E-state index contributed by atoms with van der Waals surface area (Å²) in [5.74, 6) is 0.993. The van der Waals surface area contributed by atoms with E-state index in [1.165, 1.54) is 7.11 Å². The van der Waals surface area contributed by atoms with Crippen molar-refractivity contribution in [2.45, 2.75) is 18.9 Å². The summed E-state index contributed by atoms with van der Waals surface area (Å²) in [7, 11) is 1.33. The predicted octanol–water partition coefficient (Wildman–Crippen LogP) is 1.44. The molecule has 2 rings (SSSR count). The summed E-state index contributed by atoms with van der Waals surface area (Å²) in [6.45, 7) is 1.05. The predicted molar refractivity (Wildman–Crippen MR) is 63.6 cm³/mol. The molecule has 0 radical (unpaired) electrons. The van der Waals surface area contributed by atoms with E-state index in [1.807, 2.05) is 0 Å². The first kappa shape index (κ1) is 12.7. The molecule has 1 unspecified atom stereocenters. The van der Waals surface area contributed by atoms with Crippen molar-refractivity contribution < 1.29 is 24.1 Å². The third kappa shape index (κ3) is 2.92. The molecule has 1 aliphatic rings. The molecule has 1 heterocycles. The Labute approximate surface area is 105 Å². The summed E-state index contributed by atoms with van der Waals surface area (Å²) in [6.07, 6.45) is -0.196. The number of carbonyl (C=O) groups excluding carboxylic acids is 1. The molecule has 5 heteroatoms. The van der Waals surface area contributed by atoms with Crippen LogP contribution >= 0.6 is 0 Å². The third-order valence-electron chi connectivity index (χ3n) is 2.80. The van der Waals surface area contributed by atoms with Gasteiger partial charge in [0.05, 0.1) is 13.2 Å². The van der Waals surface area contributed by atoms with Gasteiger partial charge in [-0.1, -0.05) is 6.07 Å². The molecule has 0 aliphatic carbocycles. The van der Waals surface area contributed by atoms with E-state index in [0.29, 0.717) is 36.7 Å². The molecule has 18 heavy (non-hydrogen) atoms. The van der Waals surface area contributed by atoms with Gasteiger partial charge >= 0.3 is 5.97 Å². The first-order valence-electron chi connectivity index (χ1n) is 5.85. The number of hydrogen-bond acceptors (Lipinski definition) is 5. The van der Waals surface area contributed by atoms with Crippen LogP contribution in [0.4, 0.5) is 0 Å². The van der Waals surface area contributed by atoms with Crippen LogP contribution in [0.2, 0.25) is 0 Å². The van der Waals surface area contributed by atoms with E-state index in [2.05, 4.69) is 4.74 Å². The number of carbonyl (C=O) groups is 1. The Morgan fingerprint density at radius 3 is 2.83 bits per heavy atom. The number of methoxy groups -OCH3 is 1. The van der Waals surface area contributed by atoms with Crippen molar-refractivity contribution in [1.29, 1.82) is 0 Å². The number of esters is 1. The highest BCUT2D eigenvalue weighted by Gasteiger charge is 2.16. The Bertz CT molecular complexity index is 429. The lowest BCUT2D eigenvalue weighted by atomic mass is 10.0. The van der Waals surface area contributed by atoms with Gasteiger partial charge in [-0.25, -0.2) is 0 Å². The van der Waals surface area contributed by atoms with E-state index >= 15 is 0 Å². The van der Waals surface area contributed by atoms with Gasteiger partial charge in [0.1, 0.15) is 13.2 Å². The summed E-state index contributed by atoms with van der Waals surface area (Å²) in [5.41, 5.74) is 0.711. The van der Waals surface area contributed by atoms with Crippen molar-refractivity contribution >= 4 is 5.97 Å². The molecule has 0 fully saturated rings. The van der Waals surface area contributed by atoms with Crippen molar-refractivity contribution in [3.8, 4) is 11.5 Å². The summed E-state index contributed by atoms with van der Waals surface area (Å²) in [6, 6.07) is 5.29. The highest BCUT2D eigenvalue weighted by molar-refractivity contribution is 5.69. The van der Waals surface area contributed by atoms with Crippen LogP contribution in [0, 0.1) is 0 Å². The van der Waals surface area contributed by atoms with E-state index in [9.17, 15) is 9.90 Å². The van der Waals surface area contributed by atoms with Crippen LogP contribution in [0.3, 0.4) is 0 Å². The molecular formula is C13H16O5. The Hall–Kier alpha value is -1.75. The van der Waals surface area contributed by atoms with Gasteiger partial charge in [0.2, 0.25) is 0 Å². The first-order chi connectivity index (χ1) is 8.70. The fraction of sp³-hybridized carbons (Fsp3) is 0.462. The second kappa shape index (κ2) is 5.73. The van der Waals surface area contributed by atoms with Gasteiger partial charge < -0.3 is 19.3 Å². The highest BCUT2D eigenvalue weighted by atomic mass is 16.6. The van der Waals surface area contributed by atoms with Gasteiger partial charge in [-0.15, -0.1) is 0 Å². The molecule has 0 bridgehead atoms. The van der Waals surface area contributed by atoms with Gasteiger partial charge in [0.25, 0.3) is 0 Å². The van der Waals surface area contributed by atoms with Crippen molar-refractivity contribution in [2.75, 3.05) is 20.3 Å². The Morgan fingerprint density at radius 1 is 1.39 bits per heavy atom. The van der Waals surface area contributed by atoms with Gasteiger partial charge in [-0.05, 0) is 24.1 Å². The lowest BCUT2D eigenvalue weighted by Gasteiger charge is -2.20. The summed E-state index contributed by atoms with van der Waals surface area (Å²) in [5, 5.41) is 9.96. The molecule has 0 spiro atoms. The molecule has 0 saturated heterocycles. The second-order valence-corrected chi connectivity index (χ2v) is 4.03. The van der Waals surface area contributed by atoms with Crippen LogP contribution in [0.25, 0.3) is 0 Å². The van der Waals surface area contributed by atoms with Crippen molar-refractivity contribution in [2.24, 2.45) is 0 Å². The topological polar surface area (TPSA) is 65.0 Å². The maximum Gasteiger partial charge on any atom is 0.305 e. The SMILES string of the molecule is COC(=O)CCC(O)c1ccc2c(c1)OCCO2. The number of fused-ring (bicyclic) bond motifs is 1. The number of ether oxygens (including phenoxy) is 3. The van der Waals surface area contributed by atoms with E-state index in [1.54, 1.807) is 18.2 Å². The maximum atomic E-state index is 11.0. The number of aliphatic hydroxyl groups excluding tert-OH is 1. The van der Waals surface area contributed by atoms with E-state index in [0.717, 1.165) is 0 Å². The fourth-order valence-electron chi connectivity index (χ4n) is 1.79. The van der Waals surface area contributed by atoms with Gasteiger partial charge in [0, 0.05) is 6.42 Å². The Morgan fingerprint density at radius 2 is 2.11 bits per heavy atom. The van der Waals surface area contributed by atoms with Crippen molar-refractivity contribution in [3.63, 3.8) is 0 Å². The number of rotatable bonds is 4. The molecule has 1 aromatic rings. The Kier molecular flexibility index (Phi) is 4.04. The largest absolute Gasteiger partial charge is 0.486 e. The second-order valence-electron chi connectivity index (χ2n) is 4.03. The third-order valence-corrected chi connectivity index (χ3v) is 2.80. The van der Waals surface area contributed by atoms with E-state index < -0.39 is 6.10 Å². The zero-order valence-corrected chi connectivity index (χ0v) is 10.2. The molecule has 1 atom stereocenters. The van der Waals surface area contributed by atoms with E-state index in [4.69, 9.17) is 9.47 Å². The smallest absolute Gasteiger partial charge is 0.305 e. The maximum absolute atomic E-state index is 11.0. The fourth-order valence-corrected chi connectivity index (χ4v) is 1.79. The van der Waals surface area contributed by atoms with Crippen LogP contribution in [-0.2, 0) is 9.53 Å². The minimum absolute atomic E-state index is 0.187. The molecule has 5 nitrogen and oxygen atoms in total. The Balaban J connectivity index is 2.01. The van der Waals surface area contributed by atoms with Crippen LogP contribution < -0.4 is 9.47 Å². The molecule has 0 aromatic heterocycles. The average molecular weight is 252 g/mol. The minimum Gasteiger partial charge on any atom is -0.486 e. The molecule has 1 aliphatic heterocycles. The lowest BCUT2D eigenvalue weighted by molar-refractivity contribution is -0.141. The lowest BCUT2D eigenvalue weighted by Crippen LogP contribution is -2.15. The zero-order valence-electron chi connectivity index (χ0n) is 10.2. The molecule has 0 amide bonds. The van der Waals surface area contributed by atoms with Gasteiger partial charge in [-0.3, -0.25) is 4.79 Å². The van der Waals surface area contributed by atoms with Crippen LogP contribution in [0.15, 0.2) is 18.2 Å². The first-order valence-corrected chi connectivity index (χ1v) is 5.85. The van der Waals surface area contributed by atoms with Crippen LogP contribution in [-0.4, -0.2) is 31.4 Å². The number of hydrogen-bond donors (Lipinski definition) is 1. The minimum atomic E-state index is -0.708.